The van der Waals surface area contributed by atoms with Crippen molar-refractivity contribution in [3.8, 4) is 5.69 Å². The van der Waals surface area contributed by atoms with Gasteiger partial charge in [-0.25, -0.2) is 4.39 Å². The van der Waals surface area contributed by atoms with Crippen molar-refractivity contribution in [1.82, 2.24) is 4.57 Å². The van der Waals surface area contributed by atoms with Crippen LogP contribution in [-0.2, 0) is 6.54 Å². The van der Waals surface area contributed by atoms with Gasteiger partial charge in [-0.2, -0.15) is 0 Å². The largest absolute Gasteiger partial charge is 0.325 e. The standard InChI is InChI=1S/C16H14ClFN2/c1-10-12-8-11(17)6-7-14(12)20(16(10)9-19)15-5-3-2-4-13(15)18/h2-8H,9,19H2,1H3. The van der Waals surface area contributed by atoms with Gasteiger partial charge in [-0.15, -0.1) is 0 Å². The summed E-state index contributed by atoms with van der Waals surface area (Å²) >= 11 is 6.06. The maximum Gasteiger partial charge on any atom is 0.147 e. The highest BCUT2D eigenvalue weighted by Crippen LogP contribution is 2.31. The third-order valence-electron chi connectivity index (χ3n) is 3.59. The molecule has 0 radical (unpaired) electrons. The van der Waals surface area contributed by atoms with Crippen LogP contribution in [0.1, 0.15) is 11.3 Å². The topological polar surface area (TPSA) is 30.9 Å². The molecule has 0 aliphatic carbocycles. The molecule has 0 amide bonds. The van der Waals surface area contributed by atoms with Crippen LogP contribution in [0.2, 0.25) is 5.02 Å². The Morgan fingerprint density at radius 1 is 1.20 bits per heavy atom. The molecule has 20 heavy (non-hydrogen) atoms. The lowest BCUT2D eigenvalue weighted by atomic mass is 10.1. The van der Waals surface area contributed by atoms with E-state index >= 15 is 0 Å². The zero-order valence-electron chi connectivity index (χ0n) is 11.0. The molecule has 4 heteroatoms. The average Bonchev–Trinajstić information content (AvgIpc) is 2.72. The second-order valence-corrected chi connectivity index (χ2v) is 5.16. The van der Waals surface area contributed by atoms with E-state index in [0.29, 0.717) is 17.3 Å². The van der Waals surface area contributed by atoms with Crippen molar-refractivity contribution in [1.29, 1.82) is 0 Å². The van der Waals surface area contributed by atoms with E-state index in [-0.39, 0.29) is 5.82 Å². The van der Waals surface area contributed by atoms with E-state index in [1.165, 1.54) is 6.07 Å². The van der Waals surface area contributed by atoms with Crippen LogP contribution in [0.3, 0.4) is 0 Å². The van der Waals surface area contributed by atoms with Crippen molar-refractivity contribution in [2.45, 2.75) is 13.5 Å². The quantitative estimate of drug-likeness (QED) is 0.753. The van der Waals surface area contributed by atoms with Crippen molar-refractivity contribution >= 4 is 22.5 Å². The fourth-order valence-corrected chi connectivity index (χ4v) is 2.80. The van der Waals surface area contributed by atoms with Crippen molar-refractivity contribution in [3.63, 3.8) is 0 Å². The van der Waals surface area contributed by atoms with Crippen molar-refractivity contribution < 1.29 is 4.39 Å². The molecular formula is C16H14ClFN2. The first kappa shape index (κ1) is 13.2. The molecule has 1 heterocycles. The first-order chi connectivity index (χ1) is 9.63. The molecule has 0 aliphatic rings. The molecule has 0 fully saturated rings. The number of para-hydroxylation sites is 1. The number of rotatable bonds is 2. The molecule has 2 N–H and O–H groups in total. The summed E-state index contributed by atoms with van der Waals surface area (Å²) in [5.74, 6) is -0.269. The van der Waals surface area contributed by atoms with Crippen LogP contribution in [0, 0.1) is 12.7 Å². The normalized spacial score (nSPS) is 11.2. The van der Waals surface area contributed by atoms with Gasteiger partial charge >= 0.3 is 0 Å². The van der Waals surface area contributed by atoms with Gasteiger partial charge in [-0.05, 0) is 42.8 Å². The predicted octanol–water partition coefficient (Wildman–Crippen LogP) is 4.19. The van der Waals surface area contributed by atoms with Gasteiger partial charge in [0.15, 0.2) is 0 Å². The van der Waals surface area contributed by atoms with E-state index in [1.54, 1.807) is 18.2 Å². The second-order valence-electron chi connectivity index (χ2n) is 4.72. The van der Waals surface area contributed by atoms with Gasteiger partial charge in [0, 0.05) is 22.6 Å². The van der Waals surface area contributed by atoms with Crippen molar-refractivity contribution in [2.24, 2.45) is 5.73 Å². The van der Waals surface area contributed by atoms with E-state index in [0.717, 1.165) is 22.2 Å². The van der Waals surface area contributed by atoms with Crippen LogP contribution in [-0.4, -0.2) is 4.57 Å². The van der Waals surface area contributed by atoms with Gasteiger partial charge in [0.25, 0.3) is 0 Å². The summed E-state index contributed by atoms with van der Waals surface area (Å²) in [6, 6.07) is 12.3. The summed E-state index contributed by atoms with van der Waals surface area (Å²) in [5, 5.41) is 1.66. The molecule has 1 aromatic heterocycles. The molecule has 0 atom stereocenters. The minimum absolute atomic E-state index is 0.269. The molecule has 3 aromatic rings. The van der Waals surface area contributed by atoms with Gasteiger partial charge in [-0.3, -0.25) is 0 Å². The number of nitrogens with zero attached hydrogens (tertiary/aromatic N) is 1. The highest BCUT2D eigenvalue weighted by atomic mass is 35.5. The lowest BCUT2D eigenvalue weighted by Gasteiger charge is -2.11. The first-order valence-corrected chi connectivity index (χ1v) is 6.75. The third kappa shape index (κ3) is 1.90. The molecule has 2 aromatic carbocycles. The van der Waals surface area contributed by atoms with Gasteiger partial charge in [0.05, 0.1) is 11.2 Å². The van der Waals surface area contributed by atoms with E-state index in [1.807, 2.05) is 29.7 Å². The molecule has 102 valence electrons. The molecule has 0 saturated heterocycles. The van der Waals surface area contributed by atoms with E-state index in [9.17, 15) is 4.39 Å². The monoisotopic (exact) mass is 288 g/mol. The Hall–Kier alpha value is -1.84. The lowest BCUT2D eigenvalue weighted by Crippen LogP contribution is -2.08. The van der Waals surface area contributed by atoms with E-state index in [2.05, 4.69) is 0 Å². The number of benzene rings is 2. The van der Waals surface area contributed by atoms with Gasteiger partial charge in [0.2, 0.25) is 0 Å². The Kier molecular flexibility index (Phi) is 3.24. The molecule has 0 aliphatic heterocycles. The molecule has 0 saturated carbocycles. The fourth-order valence-electron chi connectivity index (χ4n) is 2.62. The van der Waals surface area contributed by atoms with E-state index < -0.39 is 0 Å². The minimum Gasteiger partial charge on any atom is -0.325 e. The highest BCUT2D eigenvalue weighted by Gasteiger charge is 2.16. The number of nitrogens with two attached hydrogens (primary N) is 1. The highest BCUT2D eigenvalue weighted by molar-refractivity contribution is 6.31. The van der Waals surface area contributed by atoms with Gasteiger partial charge in [-0.1, -0.05) is 23.7 Å². The van der Waals surface area contributed by atoms with Crippen molar-refractivity contribution in [3.05, 3.63) is 64.6 Å². The Morgan fingerprint density at radius 2 is 1.95 bits per heavy atom. The second kappa shape index (κ2) is 4.93. The van der Waals surface area contributed by atoms with Gasteiger partial charge in [0.1, 0.15) is 5.82 Å². The summed E-state index contributed by atoms with van der Waals surface area (Å²) < 4.78 is 16.0. The minimum atomic E-state index is -0.269. The average molecular weight is 289 g/mol. The van der Waals surface area contributed by atoms with Crippen LogP contribution in [0.15, 0.2) is 42.5 Å². The van der Waals surface area contributed by atoms with Crippen LogP contribution in [0.4, 0.5) is 4.39 Å². The Labute approximate surface area is 121 Å². The molecule has 2 nitrogen and oxygen atoms in total. The fraction of sp³-hybridized carbons (Fsp3) is 0.125. The maximum atomic E-state index is 14.1. The van der Waals surface area contributed by atoms with Crippen LogP contribution >= 0.6 is 11.6 Å². The maximum absolute atomic E-state index is 14.1. The first-order valence-electron chi connectivity index (χ1n) is 6.38. The molecule has 0 spiro atoms. The number of halogens is 2. The summed E-state index contributed by atoms with van der Waals surface area (Å²) in [6.07, 6.45) is 0. The number of fused-ring (bicyclic) bond motifs is 1. The van der Waals surface area contributed by atoms with Crippen molar-refractivity contribution in [2.75, 3.05) is 0 Å². The number of hydrogen-bond acceptors (Lipinski definition) is 1. The predicted molar refractivity (Wildman–Crippen MR) is 80.9 cm³/mol. The molecule has 0 unspecified atom stereocenters. The Bertz CT molecular complexity index is 793. The number of aryl methyl sites for hydroxylation is 1. The smallest absolute Gasteiger partial charge is 0.147 e. The van der Waals surface area contributed by atoms with Crippen LogP contribution < -0.4 is 5.73 Å². The van der Waals surface area contributed by atoms with Crippen LogP contribution in [0.5, 0.6) is 0 Å². The van der Waals surface area contributed by atoms with E-state index in [4.69, 9.17) is 17.3 Å². The lowest BCUT2D eigenvalue weighted by molar-refractivity contribution is 0.617. The van der Waals surface area contributed by atoms with Crippen LogP contribution in [0.25, 0.3) is 16.6 Å². The van der Waals surface area contributed by atoms with Gasteiger partial charge < -0.3 is 10.3 Å². The zero-order chi connectivity index (χ0) is 14.3. The summed E-state index contributed by atoms with van der Waals surface area (Å²) in [4.78, 5) is 0. The molecular weight excluding hydrogens is 275 g/mol. The summed E-state index contributed by atoms with van der Waals surface area (Å²) in [5.41, 5.74) is 9.22. The number of aromatic nitrogens is 1. The Morgan fingerprint density at radius 3 is 2.65 bits per heavy atom. The summed E-state index contributed by atoms with van der Waals surface area (Å²) in [7, 11) is 0. The Balaban J connectivity index is 2.43. The SMILES string of the molecule is Cc1c(CN)n(-c2ccccc2F)c2ccc(Cl)cc12. The third-order valence-corrected chi connectivity index (χ3v) is 3.83. The molecule has 3 rings (SSSR count). The number of hydrogen-bond donors (Lipinski definition) is 1. The molecule has 0 bridgehead atoms. The zero-order valence-corrected chi connectivity index (χ0v) is 11.8. The summed E-state index contributed by atoms with van der Waals surface area (Å²) in [6.45, 7) is 2.32.